The molecule has 6 heteroatoms. The summed E-state index contributed by atoms with van der Waals surface area (Å²) in [6.07, 6.45) is -3.11. The van der Waals surface area contributed by atoms with E-state index in [1.165, 1.54) is 0 Å². The third kappa shape index (κ3) is 8.85. The summed E-state index contributed by atoms with van der Waals surface area (Å²) in [7, 11) is 0. The third-order valence-corrected chi connectivity index (χ3v) is 8.83. The minimum Gasteiger partial charge on any atom is -0.461 e. The number of hydrogen-bond acceptors (Lipinski definition) is 6. The summed E-state index contributed by atoms with van der Waals surface area (Å²) >= 11 is 0. The topological polar surface area (TPSA) is 55.4 Å². The molecule has 1 saturated heterocycles. The molecular weight excluding hydrogens is 624 g/mol. The minimum atomic E-state index is -0.827. The van der Waals surface area contributed by atoms with Gasteiger partial charge in [-0.25, -0.2) is 0 Å². The van der Waals surface area contributed by atoms with Crippen LogP contribution in [0, 0.1) is 0 Å². The molecule has 0 N–H and O–H groups in total. The molecule has 5 atom stereocenters. The Kier molecular flexibility index (Phi) is 11.6. The van der Waals surface area contributed by atoms with E-state index in [0.29, 0.717) is 32.2 Å². The van der Waals surface area contributed by atoms with Gasteiger partial charge in [0.1, 0.15) is 30.2 Å². The van der Waals surface area contributed by atoms with Gasteiger partial charge in [0.2, 0.25) is 6.29 Å². The average Bonchev–Trinajstić information content (AvgIpc) is 3.18. The van der Waals surface area contributed by atoms with Crippen LogP contribution in [-0.2, 0) is 50.1 Å². The maximum Gasteiger partial charge on any atom is 0.229 e. The van der Waals surface area contributed by atoms with Crippen LogP contribution in [0.3, 0.4) is 0 Å². The standard InChI is InChI=1S/C44H42O6/c1-5-16-33(17-6-1)28-45-32-40-41(46-29-34-18-7-2-8-19-34)42(47-30-35-20-9-3-10-21-35)43(48-31-36-22-11-4-12-23-36)44(50-40)49-39-27-15-25-37-24-13-14-26-38(37)39/h1-27,40-44H,28-32H2/t40-,41-,42+,43-,44-/m1/s1. The van der Waals surface area contributed by atoms with Crippen LogP contribution in [0.15, 0.2) is 164 Å². The smallest absolute Gasteiger partial charge is 0.229 e. The van der Waals surface area contributed by atoms with Crippen molar-refractivity contribution in [2.45, 2.75) is 57.1 Å². The lowest BCUT2D eigenvalue weighted by Crippen LogP contribution is -2.62. The molecule has 0 amide bonds. The Morgan fingerprint density at radius 3 is 1.46 bits per heavy atom. The van der Waals surface area contributed by atoms with Crippen molar-refractivity contribution < 1.29 is 28.4 Å². The Bertz CT molecular complexity index is 1860. The molecule has 0 radical (unpaired) electrons. The first-order valence-electron chi connectivity index (χ1n) is 17.2. The van der Waals surface area contributed by atoms with Gasteiger partial charge >= 0.3 is 0 Å². The first-order valence-corrected chi connectivity index (χ1v) is 17.2. The predicted molar refractivity (Wildman–Crippen MR) is 194 cm³/mol. The van der Waals surface area contributed by atoms with Crippen LogP contribution in [0.25, 0.3) is 10.8 Å². The van der Waals surface area contributed by atoms with Crippen molar-refractivity contribution in [1.82, 2.24) is 0 Å². The fourth-order valence-corrected chi connectivity index (χ4v) is 6.27. The molecule has 1 aliphatic heterocycles. The first kappa shape index (κ1) is 33.7. The molecule has 0 aliphatic carbocycles. The summed E-state index contributed by atoms with van der Waals surface area (Å²) in [6.45, 7) is 1.77. The van der Waals surface area contributed by atoms with E-state index in [-0.39, 0.29) is 6.61 Å². The quantitative estimate of drug-likeness (QED) is 0.109. The van der Waals surface area contributed by atoms with Gasteiger partial charge in [-0.3, -0.25) is 0 Å². The second-order valence-corrected chi connectivity index (χ2v) is 12.4. The van der Waals surface area contributed by atoms with E-state index >= 15 is 0 Å². The summed E-state index contributed by atoms with van der Waals surface area (Å²) < 4.78 is 40.4. The van der Waals surface area contributed by atoms with Gasteiger partial charge in [0.05, 0.1) is 33.0 Å². The lowest BCUT2D eigenvalue weighted by atomic mass is 9.97. The fraction of sp³-hybridized carbons (Fsp3) is 0.227. The zero-order valence-electron chi connectivity index (χ0n) is 28.0. The van der Waals surface area contributed by atoms with Crippen LogP contribution < -0.4 is 4.74 Å². The van der Waals surface area contributed by atoms with Gasteiger partial charge in [0, 0.05) is 5.39 Å². The Morgan fingerprint density at radius 1 is 0.420 bits per heavy atom. The van der Waals surface area contributed by atoms with E-state index in [4.69, 9.17) is 28.4 Å². The molecule has 0 aromatic heterocycles. The molecule has 0 saturated carbocycles. The highest BCUT2D eigenvalue weighted by Gasteiger charge is 2.50. The number of benzene rings is 6. The van der Waals surface area contributed by atoms with Crippen LogP contribution in [0.1, 0.15) is 22.3 Å². The molecular formula is C44H42O6. The molecule has 7 rings (SSSR count). The predicted octanol–water partition coefficient (Wildman–Crippen LogP) is 8.92. The van der Waals surface area contributed by atoms with Crippen molar-refractivity contribution in [3.63, 3.8) is 0 Å². The Morgan fingerprint density at radius 2 is 0.880 bits per heavy atom. The largest absolute Gasteiger partial charge is 0.461 e. The van der Waals surface area contributed by atoms with Crippen molar-refractivity contribution >= 4 is 10.8 Å². The van der Waals surface area contributed by atoms with Crippen LogP contribution >= 0.6 is 0 Å². The Balaban J connectivity index is 1.24. The number of ether oxygens (including phenoxy) is 6. The van der Waals surface area contributed by atoms with E-state index in [0.717, 1.165) is 33.0 Å². The number of fused-ring (bicyclic) bond motifs is 1. The lowest BCUT2D eigenvalue weighted by Gasteiger charge is -2.45. The monoisotopic (exact) mass is 666 g/mol. The molecule has 0 spiro atoms. The van der Waals surface area contributed by atoms with E-state index in [1.807, 2.05) is 109 Å². The van der Waals surface area contributed by atoms with Crippen LogP contribution in [0.2, 0.25) is 0 Å². The van der Waals surface area contributed by atoms with Gasteiger partial charge in [-0.05, 0) is 33.7 Å². The van der Waals surface area contributed by atoms with Crippen molar-refractivity contribution in [2.24, 2.45) is 0 Å². The van der Waals surface area contributed by atoms with E-state index in [2.05, 4.69) is 54.6 Å². The summed E-state index contributed by atoms with van der Waals surface area (Å²) in [4.78, 5) is 0. The highest BCUT2D eigenvalue weighted by molar-refractivity contribution is 5.88. The highest BCUT2D eigenvalue weighted by Crippen LogP contribution is 2.34. The average molecular weight is 667 g/mol. The van der Waals surface area contributed by atoms with Crippen molar-refractivity contribution in [3.05, 3.63) is 186 Å². The van der Waals surface area contributed by atoms with Crippen molar-refractivity contribution in [1.29, 1.82) is 0 Å². The first-order chi connectivity index (χ1) is 24.8. The Hall–Kier alpha value is -4.82. The molecule has 254 valence electrons. The maximum absolute atomic E-state index is 6.88. The minimum absolute atomic E-state index is 0.264. The number of rotatable bonds is 15. The van der Waals surface area contributed by atoms with Gasteiger partial charge in [0.25, 0.3) is 0 Å². The van der Waals surface area contributed by atoms with E-state index < -0.39 is 30.7 Å². The summed E-state index contributed by atoms with van der Waals surface area (Å²) in [6, 6.07) is 54.8. The number of hydrogen-bond donors (Lipinski definition) is 0. The van der Waals surface area contributed by atoms with Crippen LogP contribution in [0.5, 0.6) is 5.75 Å². The van der Waals surface area contributed by atoms with Crippen LogP contribution in [-0.4, -0.2) is 37.3 Å². The maximum atomic E-state index is 6.88. The second-order valence-electron chi connectivity index (χ2n) is 12.4. The van der Waals surface area contributed by atoms with E-state index in [9.17, 15) is 0 Å². The van der Waals surface area contributed by atoms with Crippen molar-refractivity contribution in [2.75, 3.05) is 6.61 Å². The summed E-state index contributed by atoms with van der Waals surface area (Å²) in [5.41, 5.74) is 4.21. The summed E-state index contributed by atoms with van der Waals surface area (Å²) in [5.74, 6) is 0.704. The van der Waals surface area contributed by atoms with Gasteiger partial charge in [-0.2, -0.15) is 0 Å². The SMILES string of the molecule is c1ccc(COC[C@H]2O[C@@H](Oc3cccc4ccccc34)[C@H](OCc3ccccc3)[C@@H](OCc3ccccc3)[C@@H]2OCc2ccccc2)cc1. The highest BCUT2D eigenvalue weighted by atomic mass is 16.7. The van der Waals surface area contributed by atoms with Gasteiger partial charge < -0.3 is 28.4 Å². The van der Waals surface area contributed by atoms with Crippen LogP contribution in [0.4, 0.5) is 0 Å². The second kappa shape index (κ2) is 17.2. The molecule has 1 fully saturated rings. The van der Waals surface area contributed by atoms with E-state index in [1.54, 1.807) is 0 Å². The zero-order valence-corrected chi connectivity index (χ0v) is 28.0. The summed E-state index contributed by atoms with van der Waals surface area (Å²) in [5, 5.41) is 2.06. The van der Waals surface area contributed by atoms with Gasteiger partial charge in [-0.1, -0.05) is 158 Å². The Labute approximate surface area is 294 Å². The lowest BCUT2D eigenvalue weighted by molar-refractivity contribution is -0.309. The zero-order chi connectivity index (χ0) is 33.8. The molecule has 6 nitrogen and oxygen atoms in total. The molecule has 50 heavy (non-hydrogen) atoms. The van der Waals surface area contributed by atoms with Gasteiger partial charge in [-0.15, -0.1) is 0 Å². The molecule has 6 aromatic carbocycles. The molecule has 1 aliphatic rings. The third-order valence-electron chi connectivity index (χ3n) is 8.83. The normalized spacial score (nSPS) is 20.4. The molecule has 6 aromatic rings. The molecule has 0 bridgehead atoms. The van der Waals surface area contributed by atoms with Gasteiger partial charge in [0.15, 0.2) is 0 Å². The van der Waals surface area contributed by atoms with Crippen molar-refractivity contribution in [3.8, 4) is 5.75 Å². The fourth-order valence-electron chi connectivity index (χ4n) is 6.27. The molecule has 1 heterocycles. The molecule has 0 unspecified atom stereocenters.